The molecular weight excluding hydrogens is 320 g/mol. The number of nitrogens with two attached hydrogens (primary N) is 2. The van der Waals surface area contributed by atoms with Crippen LogP contribution in [-0.2, 0) is 6.42 Å². The van der Waals surface area contributed by atoms with E-state index in [2.05, 4.69) is 0 Å². The summed E-state index contributed by atoms with van der Waals surface area (Å²) in [6, 6.07) is 6.59. The van der Waals surface area contributed by atoms with Crippen LogP contribution in [0.4, 0.5) is 5.69 Å². The predicted octanol–water partition coefficient (Wildman–Crippen LogP) is 2.27. The van der Waals surface area contributed by atoms with Crippen molar-refractivity contribution < 1.29 is 14.2 Å². The van der Waals surface area contributed by atoms with Crippen LogP contribution in [0.5, 0.6) is 17.2 Å². The van der Waals surface area contributed by atoms with Gasteiger partial charge in [0.25, 0.3) is 0 Å². The second-order valence-corrected chi connectivity index (χ2v) is 5.99. The van der Waals surface area contributed by atoms with Crippen molar-refractivity contribution in [3.05, 3.63) is 45.6 Å². The Labute approximate surface area is 146 Å². The van der Waals surface area contributed by atoms with Gasteiger partial charge in [-0.2, -0.15) is 0 Å². The van der Waals surface area contributed by atoms with E-state index in [0.29, 0.717) is 17.2 Å². The average Bonchev–Trinajstić information content (AvgIpc) is 2.84. The highest BCUT2D eigenvalue weighted by atomic mass is 16.5. The lowest BCUT2D eigenvalue weighted by Gasteiger charge is -2.19. The number of hydrogen-bond acceptors (Lipinski definition) is 6. The third-order valence-corrected chi connectivity index (χ3v) is 4.61. The number of hydrogen-bond donors (Lipinski definition) is 2. The van der Waals surface area contributed by atoms with Crippen LogP contribution in [0.2, 0.25) is 0 Å². The number of ether oxygens (including phenoxy) is 3. The number of methoxy groups -OCH3 is 3. The van der Waals surface area contributed by atoms with Crippen molar-refractivity contribution in [2.24, 2.45) is 5.73 Å². The van der Waals surface area contributed by atoms with Crippen molar-refractivity contribution in [3.8, 4) is 28.4 Å². The van der Waals surface area contributed by atoms with Crippen LogP contribution in [0.25, 0.3) is 11.1 Å². The van der Waals surface area contributed by atoms with E-state index in [0.717, 1.165) is 35.1 Å². The Morgan fingerprint density at radius 1 is 1.04 bits per heavy atom. The summed E-state index contributed by atoms with van der Waals surface area (Å²) in [6.07, 6.45) is 1.46. The summed E-state index contributed by atoms with van der Waals surface area (Å²) in [5.74, 6) is 1.66. The van der Waals surface area contributed by atoms with Gasteiger partial charge < -0.3 is 25.7 Å². The maximum absolute atomic E-state index is 12.0. The zero-order valence-corrected chi connectivity index (χ0v) is 14.6. The second kappa shape index (κ2) is 6.64. The van der Waals surface area contributed by atoms with E-state index in [9.17, 15) is 4.79 Å². The Morgan fingerprint density at radius 2 is 1.76 bits per heavy atom. The normalized spacial score (nSPS) is 15.6. The van der Waals surface area contributed by atoms with Gasteiger partial charge in [0.05, 0.1) is 27.0 Å². The molecule has 0 radical (unpaired) electrons. The first-order valence-electron chi connectivity index (χ1n) is 8.03. The minimum absolute atomic E-state index is 0.180. The van der Waals surface area contributed by atoms with E-state index < -0.39 is 0 Å². The Balaban J connectivity index is 2.45. The third-order valence-electron chi connectivity index (χ3n) is 4.61. The number of fused-ring (bicyclic) bond motifs is 3. The molecule has 0 spiro atoms. The summed E-state index contributed by atoms with van der Waals surface area (Å²) in [6.45, 7) is 0. The lowest BCUT2D eigenvalue weighted by atomic mass is 9.95. The molecule has 2 aromatic carbocycles. The van der Waals surface area contributed by atoms with Gasteiger partial charge >= 0.3 is 0 Å². The van der Waals surface area contributed by atoms with Crippen molar-refractivity contribution in [2.45, 2.75) is 18.9 Å². The molecule has 1 aliphatic rings. The van der Waals surface area contributed by atoms with Gasteiger partial charge in [-0.3, -0.25) is 4.79 Å². The highest BCUT2D eigenvalue weighted by Gasteiger charge is 2.27. The van der Waals surface area contributed by atoms with Crippen LogP contribution in [0.3, 0.4) is 0 Å². The van der Waals surface area contributed by atoms with Crippen molar-refractivity contribution in [1.82, 2.24) is 0 Å². The molecule has 0 saturated carbocycles. The zero-order chi connectivity index (χ0) is 18.1. The Hall–Kier alpha value is -2.73. The van der Waals surface area contributed by atoms with E-state index in [4.69, 9.17) is 25.7 Å². The van der Waals surface area contributed by atoms with Crippen LogP contribution < -0.4 is 31.1 Å². The minimum Gasteiger partial charge on any atom is -0.493 e. The molecule has 1 atom stereocenters. The standard InChI is InChI=1S/C19H22N2O4/c1-23-16-8-10-4-6-13(20)12-9-14(21)15(22)7-5-11(12)17(10)19(25-3)18(16)24-2/h5,7-9,13H,4,6,20H2,1-3H3,(H2,21,22)/t13-/m1/s1. The fraction of sp³-hybridized carbons (Fsp3) is 0.316. The number of anilines is 1. The van der Waals surface area contributed by atoms with E-state index in [1.54, 1.807) is 33.5 Å². The first-order valence-corrected chi connectivity index (χ1v) is 8.03. The monoisotopic (exact) mass is 342 g/mol. The van der Waals surface area contributed by atoms with Gasteiger partial charge in [0.1, 0.15) is 0 Å². The van der Waals surface area contributed by atoms with Gasteiger partial charge in [0.15, 0.2) is 11.5 Å². The van der Waals surface area contributed by atoms with Crippen molar-refractivity contribution in [2.75, 3.05) is 27.1 Å². The summed E-state index contributed by atoms with van der Waals surface area (Å²) < 4.78 is 16.6. The number of nitrogen functional groups attached to an aromatic ring is 1. The maximum Gasteiger partial charge on any atom is 0.203 e. The van der Waals surface area contributed by atoms with Crippen molar-refractivity contribution in [1.29, 1.82) is 0 Å². The molecule has 25 heavy (non-hydrogen) atoms. The van der Waals surface area contributed by atoms with Gasteiger partial charge in [-0.15, -0.1) is 0 Å². The SMILES string of the molecule is COc1cc2c(c(OC)c1OC)-c1ccc(=O)c(N)cc1[C@H](N)CC2. The molecule has 3 rings (SSSR count). The first kappa shape index (κ1) is 17.1. The molecule has 6 nitrogen and oxygen atoms in total. The lowest BCUT2D eigenvalue weighted by Crippen LogP contribution is -2.11. The van der Waals surface area contributed by atoms with Crippen LogP contribution in [-0.4, -0.2) is 21.3 Å². The number of rotatable bonds is 3. The quantitative estimate of drug-likeness (QED) is 0.888. The third kappa shape index (κ3) is 2.78. The Morgan fingerprint density at radius 3 is 2.40 bits per heavy atom. The Bertz CT molecular complexity index is 880. The average molecular weight is 342 g/mol. The fourth-order valence-electron chi connectivity index (χ4n) is 3.37. The van der Waals surface area contributed by atoms with Gasteiger partial charge in [0.2, 0.25) is 11.2 Å². The number of aryl methyl sites for hydroxylation is 1. The molecule has 0 aromatic heterocycles. The molecule has 132 valence electrons. The second-order valence-electron chi connectivity index (χ2n) is 5.99. The van der Waals surface area contributed by atoms with Crippen LogP contribution in [0, 0.1) is 0 Å². The molecule has 4 N–H and O–H groups in total. The molecular formula is C19H22N2O4. The highest BCUT2D eigenvalue weighted by molar-refractivity contribution is 5.83. The van der Waals surface area contributed by atoms with E-state index in [-0.39, 0.29) is 17.2 Å². The molecule has 0 fully saturated rings. The minimum atomic E-state index is -0.238. The Kier molecular flexibility index (Phi) is 4.55. The maximum atomic E-state index is 12.0. The van der Waals surface area contributed by atoms with Gasteiger partial charge in [0, 0.05) is 11.6 Å². The molecule has 0 bridgehead atoms. The molecule has 2 aromatic rings. The molecule has 0 unspecified atom stereocenters. The first-order chi connectivity index (χ1) is 12.0. The van der Waals surface area contributed by atoms with Crippen molar-refractivity contribution >= 4 is 5.69 Å². The predicted molar refractivity (Wildman–Crippen MR) is 97.5 cm³/mol. The van der Waals surface area contributed by atoms with Crippen LogP contribution >= 0.6 is 0 Å². The van der Waals surface area contributed by atoms with Gasteiger partial charge in [-0.25, -0.2) is 0 Å². The van der Waals surface area contributed by atoms with Gasteiger partial charge in [-0.1, -0.05) is 0 Å². The molecule has 6 heteroatoms. The molecule has 0 heterocycles. The summed E-state index contributed by atoms with van der Waals surface area (Å²) >= 11 is 0. The van der Waals surface area contributed by atoms with Crippen molar-refractivity contribution in [3.63, 3.8) is 0 Å². The topological polar surface area (TPSA) is 96.8 Å². The fourth-order valence-corrected chi connectivity index (χ4v) is 3.37. The molecule has 1 aliphatic carbocycles. The van der Waals surface area contributed by atoms with E-state index in [1.165, 1.54) is 6.07 Å². The summed E-state index contributed by atoms with van der Waals surface area (Å²) in [7, 11) is 4.73. The largest absolute Gasteiger partial charge is 0.493 e. The van der Waals surface area contributed by atoms with E-state index >= 15 is 0 Å². The molecule has 0 amide bonds. The van der Waals surface area contributed by atoms with Gasteiger partial charge in [-0.05, 0) is 53.8 Å². The van der Waals surface area contributed by atoms with Crippen LogP contribution in [0.1, 0.15) is 23.6 Å². The lowest BCUT2D eigenvalue weighted by molar-refractivity contribution is 0.324. The van der Waals surface area contributed by atoms with E-state index in [1.807, 2.05) is 6.07 Å². The zero-order valence-electron chi connectivity index (χ0n) is 14.6. The highest BCUT2D eigenvalue weighted by Crippen LogP contribution is 2.49. The van der Waals surface area contributed by atoms with Crippen LogP contribution in [0.15, 0.2) is 29.1 Å². The smallest absolute Gasteiger partial charge is 0.203 e. The summed E-state index contributed by atoms with van der Waals surface area (Å²) in [5.41, 5.74) is 15.7. The molecule has 0 aliphatic heterocycles. The molecule has 0 saturated heterocycles. The number of benzene rings is 1. The summed E-state index contributed by atoms with van der Waals surface area (Å²) in [5, 5.41) is 0. The summed E-state index contributed by atoms with van der Waals surface area (Å²) in [4.78, 5) is 12.0.